The van der Waals surface area contributed by atoms with Crippen LogP contribution in [0.15, 0.2) is 12.1 Å². The highest BCUT2D eigenvalue weighted by atomic mass is 15.3. The molecule has 2 aliphatic heterocycles. The van der Waals surface area contributed by atoms with Crippen LogP contribution in [-0.2, 0) is 0 Å². The highest BCUT2D eigenvalue weighted by Gasteiger charge is 2.31. The monoisotopic (exact) mass is 288 g/mol. The summed E-state index contributed by atoms with van der Waals surface area (Å²) in [5.74, 6) is 0.505. The fourth-order valence-electron chi connectivity index (χ4n) is 3.45. The maximum Gasteiger partial charge on any atom is 0.0609 e. The number of hydrogen-bond donors (Lipinski definition) is 0. The molecular formula is C17H28N4. The number of hydrogen-bond acceptors (Lipinski definition) is 4. The first-order valence-corrected chi connectivity index (χ1v) is 8.19. The van der Waals surface area contributed by atoms with E-state index < -0.39 is 0 Å². The molecule has 0 aromatic carbocycles. The van der Waals surface area contributed by atoms with Gasteiger partial charge in [0.05, 0.1) is 11.4 Å². The van der Waals surface area contributed by atoms with Crippen molar-refractivity contribution in [3.63, 3.8) is 0 Å². The SMILES string of the molecule is Cc1nc(C(C)C)ccc1N1CCN(C2CN(C)C2)CC1. The van der Waals surface area contributed by atoms with Gasteiger partial charge in [0.15, 0.2) is 0 Å². The molecule has 0 aliphatic carbocycles. The first-order valence-electron chi connectivity index (χ1n) is 8.19. The quantitative estimate of drug-likeness (QED) is 0.848. The molecule has 0 N–H and O–H groups in total. The summed E-state index contributed by atoms with van der Waals surface area (Å²) in [7, 11) is 2.21. The smallest absolute Gasteiger partial charge is 0.0609 e. The molecule has 2 fully saturated rings. The van der Waals surface area contributed by atoms with E-state index in [9.17, 15) is 0 Å². The molecule has 1 aromatic heterocycles. The molecular weight excluding hydrogens is 260 g/mol. The molecule has 3 heterocycles. The van der Waals surface area contributed by atoms with Crippen LogP contribution in [0.4, 0.5) is 5.69 Å². The minimum atomic E-state index is 0.505. The summed E-state index contributed by atoms with van der Waals surface area (Å²) in [4.78, 5) is 12.3. The number of piperazine rings is 1. The lowest BCUT2D eigenvalue weighted by Gasteiger charge is -2.47. The van der Waals surface area contributed by atoms with E-state index in [1.54, 1.807) is 0 Å². The normalized spacial score (nSPS) is 21.9. The van der Waals surface area contributed by atoms with E-state index in [2.05, 4.69) is 54.7 Å². The molecule has 0 saturated carbocycles. The average Bonchev–Trinajstić information content (AvgIpc) is 2.44. The van der Waals surface area contributed by atoms with Crippen molar-refractivity contribution < 1.29 is 0 Å². The summed E-state index contributed by atoms with van der Waals surface area (Å²) < 4.78 is 0. The van der Waals surface area contributed by atoms with Crippen LogP contribution in [0.5, 0.6) is 0 Å². The zero-order chi connectivity index (χ0) is 15.0. The Balaban J connectivity index is 1.61. The van der Waals surface area contributed by atoms with E-state index in [0.29, 0.717) is 5.92 Å². The van der Waals surface area contributed by atoms with Crippen molar-refractivity contribution in [3.8, 4) is 0 Å². The second-order valence-electron chi connectivity index (χ2n) is 6.89. The standard InChI is InChI=1S/C17H28N4/c1-13(2)16-5-6-17(14(3)18-16)21-9-7-20(8-10-21)15-11-19(4)12-15/h5-6,13,15H,7-12H2,1-4H3. The Morgan fingerprint density at radius 1 is 1.10 bits per heavy atom. The van der Waals surface area contributed by atoms with Gasteiger partial charge in [-0.25, -0.2) is 0 Å². The van der Waals surface area contributed by atoms with Crippen molar-refractivity contribution in [1.82, 2.24) is 14.8 Å². The molecule has 0 spiro atoms. The van der Waals surface area contributed by atoms with Gasteiger partial charge >= 0.3 is 0 Å². The average molecular weight is 288 g/mol. The van der Waals surface area contributed by atoms with E-state index in [-0.39, 0.29) is 0 Å². The zero-order valence-electron chi connectivity index (χ0n) is 13.8. The Morgan fingerprint density at radius 2 is 1.76 bits per heavy atom. The Kier molecular flexibility index (Phi) is 4.18. The number of rotatable bonds is 3. The van der Waals surface area contributed by atoms with Crippen LogP contribution in [0, 0.1) is 6.92 Å². The third kappa shape index (κ3) is 3.06. The Hall–Kier alpha value is -1.13. The van der Waals surface area contributed by atoms with Crippen LogP contribution in [0.2, 0.25) is 0 Å². The van der Waals surface area contributed by atoms with Gasteiger partial charge in [-0.15, -0.1) is 0 Å². The van der Waals surface area contributed by atoms with E-state index in [4.69, 9.17) is 4.98 Å². The van der Waals surface area contributed by atoms with Gasteiger partial charge < -0.3 is 9.80 Å². The molecule has 0 unspecified atom stereocenters. The third-order valence-corrected chi connectivity index (χ3v) is 4.89. The van der Waals surface area contributed by atoms with Gasteiger partial charge in [-0.3, -0.25) is 9.88 Å². The molecule has 4 heteroatoms. The molecule has 2 saturated heterocycles. The van der Waals surface area contributed by atoms with Crippen molar-refractivity contribution in [1.29, 1.82) is 0 Å². The Bertz CT molecular complexity index is 486. The van der Waals surface area contributed by atoms with Crippen LogP contribution in [0.1, 0.15) is 31.2 Å². The molecule has 3 rings (SSSR count). The van der Waals surface area contributed by atoms with Crippen molar-refractivity contribution in [3.05, 3.63) is 23.5 Å². The first kappa shape index (κ1) is 14.8. The molecule has 0 amide bonds. The minimum absolute atomic E-state index is 0.505. The number of aryl methyl sites for hydroxylation is 1. The van der Waals surface area contributed by atoms with Crippen molar-refractivity contribution >= 4 is 5.69 Å². The second kappa shape index (κ2) is 5.93. The summed E-state index contributed by atoms with van der Waals surface area (Å²) >= 11 is 0. The van der Waals surface area contributed by atoms with Crippen LogP contribution in [0.3, 0.4) is 0 Å². The number of likely N-dealkylation sites (tertiary alicyclic amines) is 1. The first-order chi connectivity index (χ1) is 10.0. The lowest BCUT2D eigenvalue weighted by Crippen LogP contribution is -2.62. The van der Waals surface area contributed by atoms with Crippen LogP contribution in [-0.4, -0.2) is 67.1 Å². The maximum atomic E-state index is 4.78. The molecule has 2 aliphatic rings. The second-order valence-corrected chi connectivity index (χ2v) is 6.89. The maximum absolute atomic E-state index is 4.78. The van der Waals surface area contributed by atoms with Gasteiger partial charge in [0.25, 0.3) is 0 Å². The number of anilines is 1. The van der Waals surface area contributed by atoms with Gasteiger partial charge in [0, 0.05) is 51.0 Å². The largest absolute Gasteiger partial charge is 0.368 e. The van der Waals surface area contributed by atoms with Gasteiger partial charge in [-0.1, -0.05) is 13.8 Å². The fourth-order valence-corrected chi connectivity index (χ4v) is 3.45. The predicted molar refractivity (Wildman–Crippen MR) is 88.1 cm³/mol. The highest BCUT2D eigenvalue weighted by Crippen LogP contribution is 2.24. The molecule has 1 aromatic rings. The van der Waals surface area contributed by atoms with Crippen molar-refractivity contribution in [2.75, 3.05) is 51.2 Å². The number of aromatic nitrogens is 1. The third-order valence-electron chi connectivity index (χ3n) is 4.89. The molecule has 0 radical (unpaired) electrons. The zero-order valence-corrected chi connectivity index (χ0v) is 13.8. The van der Waals surface area contributed by atoms with Gasteiger partial charge in [0.2, 0.25) is 0 Å². The summed E-state index contributed by atoms with van der Waals surface area (Å²) in [6, 6.07) is 5.25. The van der Waals surface area contributed by atoms with Gasteiger partial charge in [-0.05, 0) is 32.0 Å². The van der Waals surface area contributed by atoms with Crippen molar-refractivity contribution in [2.24, 2.45) is 0 Å². The Labute approximate surface area is 128 Å². The lowest BCUT2D eigenvalue weighted by atomic mass is 10.1. The van der Waals surface area contributed by atoms with Crippen LogP contribution in [0.25, 0.3) is 0 Å². The highest BCUT2D eigenvalue weighted by molar-refractivity contribution is 5.51. The fraction of sp³-hybridized carbons (Fsp3) is 0.706. The van der Waals surface area contributed by atoms with E-state index in [1.807, 2.05) is 0 Å². The van der Waals surface area contributed by atoms with Gasteiger partial charge in [-0.2, -0.15) is 0 Å². The molecule has 0 atom stereocenters. The van der Waals surface area contributed by atoms with Crippen LogP contribution < -0.4 is 4.90 Å². The van der Waals surface area contributed by atoms with Crippen molar-refractivity contribution in [2.45, 2.75) is 32.7 Å². The van der Waals surface area contributed by atoms with E-state index in [0.717, 1.165) is 19.1 Å². The molecule has 116 valence electrons. The number of nitrogens with zero attached hydrogens (tertiary/aromatic N) is 4. The van der Waals surface area contributed by atoms with E-state index in [1.165, 1.54) is 43.3 Å². The predicted octanol–water partition coefficient (Wildman–Crippen LogP) is 1.95. The summed E-state index contributed by atoms with van der Waals surface area (Å²) in [5.41, 5.74) is 3.70. The van der Waals surface area contributed by atoms with Gasteiger partial charge in [0.1, 0.15) is 0 Å². The molecule has 4 nitrogen and oxygen atoms in total. The minimum Gasteiger partial charge on any atom is -0.368 e. The van der Waals surface area contributed by atoms with Crippen LogP contribution >= 0.6 is 0 Å². The molecule has 0 bridgehead atoms. The Morgan fingerprint density at radius 3 is 2.29 bits per heavy atom. The number of likely N-dealkylation sites (N-methyl/N-ethyl adjacent to an activating group) is 1. The topological polar surface area (TPSA) is 22.6 Å². The molecule has 21 heavy (non-hydrogen) atoms. The van der Waals surface area contributed by atoms with E-state index >= 15 is 0 Å². The number of pyridine rings is 1. The summed E-state index contributed by atoms with van der Waals surface area (Å²) in [5, 5.41) is 0. The summed E-state index contributed by atoms with van der Waals surface area (Å²) in [6.45, 7) is 13.7. The summed E-state index contributed by atoms with van der Waals surface area (Å²) in [6.07, 6.45) is 0. The lowest BCUT2D eigenvalue weighted by molar-refractivity contribution is 0.0487.